The molecule has 0 aromatic rings. The molecule has 0 aliphatic heterocycles. The summed E-state index contributed by atoms with van der Waals surface area (Å²) in [5.74, 6) is 0.218. The van der Waals surface area contributed by atoms with Crippen LogP contribution in [0.25, 0.3) is 0 Å². The van der Waals surface area contributed by atoms with Gasteiger partial charge in [0.05, 0.1) is 0 Å². The lowest BCUT2D eigenvalue weighted by Crippen LogP contribution is -2.24. The molecule has 90 valence electrons. The van der Waals surface area contributed by atoms with Crippen molar-refractivity contribution in [3.8, 4) is 0 Å². The fraction of sp³-hybridized carbons (Fsp3) is 0.917. The number of carbonyl (C=O) groups is 1. The van der Waals surface area contributed by atoms with Crippen LogP contribution >= 0.6 is 0 Å². The van der Waals surface area contributed by atoms with Crippen molar-refractivity contribution < 1.29 is 4.79 Å². The van der Waals surface area contributed by atoms with Gasteiger partial charge in [-0.25, -0.2) is 0 Å². The summed E-state index contributed by atoms with van der Waals surface area (Å²) in [7, 11) is 1.96. The molecule has 0 atom stereocenters. The van der Waals surface area contributed by atoms with Gasteiger partial charge in [-0.05, 0) is 32.9 Å². The van der Waals surface area contributed by atoms with Gasteiger partial charge in [-0.2, -0.15) is 0 Å². The predicted octanol–water partition coefficient (Wildman–Crippen LogP) is 2.07. The summed E-state index contributed by atoms with van der Waals surface area (Å²) < 4.78 is 0. The molecule has 0 fully saturated rings. The quantitative estimate of drug-likeness (QED) is 0.547. The number of rotatable bonds is 10. The summed E-state index contributed by atoms with van der Waals surface area (Å²) in [6.07, 6.45) is 7.55. The Labute approximate surface area is 94.0 Å². The predicted molar refractivity (Wildman–Crippen MR) is 64.9 cm³/mol. The van der Waals surface area contributed by atoms with Gasteiger partial charge in [-0.3, -0.25) is 4.79 Å². The molecule has 0 unspecified atom stereocenters. The van der Waals surface area contributed by atoms with E-state index in [4.69, 9.17) is 0 Å². The van der Waals surface area contributed by atoms with Crippen LogP contribution in [0.1, 0.15) is 51.9 Å². The van der Waals surface area contributed by atoms with Gasteiger partial charge in [0.15, 0.2) is 0 Å². The standard InChI is InChI=1S/C12H26N2O/c1-3-4-7-11-14-12(15)9-6-5-8-10-13-2/h13H,3-11H2,1-2H3,(H,14,15). The SMILES string of the molecule is CCCCCNC(=O)CCCCCNC. The van der Waals surface area contributed by atoms with E-state index in [1.165, 1.54) is 19.3 Å². The lowest BCUT2D eigenvalue weighted by atomic mass is 10.2. The van der Waals surface area contributed by atoms with Crippen LogP contribution in [0.5, 0.6) is 0 Å². The minimum atomic E-state index is 0.218. The van der Waals surface area contributed by atoms with E-state index in [9.17, 15) is 4.79 Å². The molecular weight excluding hydrogens is 188 g/mol. The molecule has 0 radical (unpaired) electrons. The zero-order chi connectivity index (χ0) is 11.4. The lowest BCUT2D eigenvalue weighted by molar-refractivity contribution is -0.121. The molecule has 0 aliphatic rings. The van der Waals surface area contributed by atoms with Gasteiger partial charge in [0.1, 0.15) is 0 Å². The maximum absolute atomic E-state index is 11.3. The molecule has 0 saturated carbocycles. The van der Waals surface area contributed by atoms with Crippen LogP contribution in [0.2, 0.25) is 0 Å². The zero-order valence-electron chi connectivity index (χ0n) is 10.3. The van der Waals surface area contributed by atoms with Crippen molar-refractivity contribution >= 4 is 5.91 Å². The summed E-state index contributed by atoms with van der Waals surface area (Å²) in [5.41, 5.74) is 0. The van der Waals surface area contributed by atoms with Crippen molar-refractivity contribution in [2.75, 3.05) is 20.1 Å². The van der Waals surface area contributed by atoms with Gasteiger partial charge in [0.2, 0.25) is 5.91 Å². The van der Waals surface area contributed by atoms with Crippen LogP contribution < -0.4 is 10.6 Å². The third kappa shape index (κ3) is 11.4. The number of hydrogen-bond acceptors (Lipinski definition) is 2. The number of hydrogen-bond donors (Lipinski definition) is 2. The largest absolute Gasteiger partial charge is 0.356 e. The maximum atomic E-state index is 11.3. The number of unbranched alkanes of at least 4 members (excludes halogenated alkanes) is 4. The normalized spacial score (nSPS) is 10.3. The Morgan fingerprint density at radius 1 is 1.00 bits per heavy atom. The highest BCUT2D eigenvalue weighted by atomic mass is 16.1. The first-order valence-corrected chi connectivity index (χ1v) is 6.22. The summed E-state index contributed by atoms with van der Waals surface area (Å²) in [5, 5.41) is 6.06. The molecule has 0 aromatic heterocycles. The van der Waals surface area contributed by atoms with Crippen LogP contribution in [0.4, 0.5) is 0 Å². The van der Waals surface area contributed by atoms with Crippen molar-refractivity contribution in [2.24, 2.45) is 0 Å². The number of carbonyl (C=O) groups excluding carboxylic acids is 1. The molecule has 0 heterocycles. The highest BCUT2D eigenvalue weighted by Gasteiger charge is 1.99. The fourth-order valence-corrected chi connectivity index (χ4v) is 1.46. The topological polar surface area (TPSA) is 41.1 Å². The average molecular weight is 214 g/mol. The van der Waals surface area contributed by atoms with Gasteiger partial charge in [0, 0.05) is 13.0 Å². The van der Waals surface area contributed by atoms with Gasteiger partial charge in [-0.15, -0.1) is 0 Å². The van der Waals surface area contributed by atoms with E-state index in [1.54, 1.807) is 0 Å². The van der Waals surface area contributed by atoms with Crippen LogP contribution in [0, 0.1) is 0 Å². The van der Waals surface area contributed by atoms with E-state index >= 15 is 0 Å². The van der Waals surface area contributed by atoms with E-state index in [2.05, 4.69) is 17.6 Å². The maximum Gasteiger partial charge on any atom is 0.219 e. The fourth-order valence-electron chi connectivity index (χ4n) is 1.46. The van der Waals surface area contributed by atoms with Crippen molar-refractivity contribution in [3.63, 3.8) is 0 Å². The van der Waals surface area contributed by atoms with Crippen LogP contribution in [-0.4, -0.2) is 26.0 Å². The lowest BCUT2D eigenvalue weighted by Gasteiger charge is -2.04. The molecule has 0 saturated heterocycles. The molecule has 3 heteroatoms. The van der Waals surface area contributed by atoms with Crippen LogP contribution in [0.15, 0.2) is 0 Å². The molecule has 0 rings (SSSR count). The van der Waals surface area contributed by atoms with E-state index in [-0.39, 0.29) is 5.91 Å². The Balaban J connectivity index is 3.11. The second kappa shape index (κ2) is 11.5. The first-order chi connectivity index (χ1) is 7.31. The van der Waals surface area contributed by atoms with Crippen molar-refractivity contribution in [2.45, 2.75) is 51.9 Å². The highest BCUT2D eigenvalue weighted by Crippen LogP contribution is 1.99. The minimum Gasteiger partial charge on any atom is -0.356 e. The second-order valence-electron chi connectivity index (χ2n) is 3.97. The first-order valence-electron chi connectivity index (χ1n) is 6.22. The Hall–Kier alpha value is -0.570. The first kappa shape index (κ1) is 14.4. The van der Waals surface area contributed by atoms with E-state index in [0.717, 1.165) is 32.4 Å². The van der Waals surface area contributed by atoms with Gasteiger partial charge >= 0.3 is 0 Å². The summed E-state index contributed by atoms with van der Waals surface area (Å²) >= 11 is 0. The highest BCUT2D eigenvalue weighted by molar-refractivity contribution is 5.75. The molecule has 0 bridgehead atoms. The number of amides is 1. The Kier molecular flexibility index (Phi) is 11.1. The molecule has 1 amide bonds. The zero-order valence-corrected chi connectivity index (χ0v) is 10.3. The molecule has 0 aromatic carbocycles. The Morgan fingerprint density at radius 3 is 2.40 bits per heavy atom. The van der Waals surface area contributed by atoms with Crippen LogP contribution in [-0.2, 0) is 4.79 Å². The van der Waals surface area contributed by atoms with Crippen molar-refractivity contribution in [3.05, 3.63) is 0 Å². The number of nitrogens with one attached hydrogen (secondary N) is 2. The minimum absolute atomic E-state index is 0.218. The summed E-state index contributed by atoms with van der Waals surface area (Å²) in [6.45, 7) is 4.07. The van der Waals surface area contributed by atoms with Crippen molar-refractivity contribution in [1.29, 1.82) is 0 Å². The van der Waals surface area contributed by atoms with E-state index in [1.807, 2.05) is 7.05 Å². The van der Waals surface area contributed by atoms with Gasteiger partial charge < -0.3 is 10.6 Å². The van der Waals surface area contributed by atoms with E-state index < -0.39 is 0 Å². The molecule has 3 nitrogen and oxygen atoms in total. The molecule has 0 spiro atoms. The second-order valence-corrected chi connectivity index (χ2v) is 3.97. The monoisotopic (exact) mass is 214 g/mol. The molecule has 15 heavy (non-hydrogen) atoms. The Bertz CT molecular complexity index is 149. The average Bonchev–Trinajstić information content (AvgIpc) is 2.24. The van der Waals surface area contributed by atoms with E-state index in [0.29, 0.717) is 6.42 Å². The van der Waals surface area contributed by atoms with Crippen molar-refractivity contribution in [1.82, 2.24) is 10.6 Å². The Morgan fingerprint density at radius 2 is 1.73 bits per heavy atom. The summed E-state index contributed by atoms with van der Waals surface area (Å²) in [4.78, 5) is 11.3. The van der Waals surface area contributed by atoms with Gasteiger partial charge in [-0.1, -0.05) is 26.2 Å². The van der Waals surface area contributed by atoms with Gasteiger partial charge in [0.25, 0.3) is 0 Å². The third-order valence-corrected chi connectivity index (χ3v) is 2.43. The van der Waals surface area contributed by atoms with Crippen LogP contribution in [0.3, 0.4) is 0 Å². The smallest absolute Gasteiger partial charge is 0.219 e. The molecule has 2 N–H and O–H groups in total. The molecule has 0 aliphatic carbocycles. The summed E-state index contributed by atoms with van der Waals surface area (Å²) in [6, 6.07) is 0. The molecular formula is C12H26N2O. The third-order valence-electron chi connectivity index (χ3n) is 2.43.